The second-order valence-electron chi connectivity index (χ2n) is 3.71. The van der Waals surface area contributed by atoms with Crippen LogP contribution in [0.15, 0.2) is 61.7 Å². The molecular weight excluding hydrogens is 272 g/mol. The Kier molecular flexibility index (Phi) is 5.70. The molecule has 0 atom stereocenters. The fraction of sp³-hybridized carbons (Fsp3) is 0. The molecule has 0 amide bonds. The molecule has 0 heterocycles. The minimum Gasteiger partial charge on any atom is -0.507 e. The zero-order chi connectivity index (χ0) is 15.8. The van der Waals surface area contributed by atoms with Crippen molar-refractivity contribution >= 4 is 11.9 Å². The molecule has 5 nitrogen and oxygen atoms in total. The topological polar surface area (TPSA) is 83.8 Å². The van der Waals surface area contributed by atoms with Gasteiger partial charge in [0.05, 0.1) is 0 Å². The number of benzene rings is 2. The van der Waals surface area contributed by atoms with Gasteiger partial charge in [-0.05, 0) is 24.3 Å². The predicted molar refractivity (Wildman–Crippen MR) is 77.7 cm³/mol. The van der Waals surface area contributed by atoms with Gasteiger partial charge in [0, 0.05) is 0 Å². The molecule has 108 valence electrons. The van der Waals surface area contributed by atoms with Crippen molar-refractivity contribution in [1.82, 2.24) is 0 Å². The van der Waals surface area contributed by atoms with Gasteiger partial charge in [-0.15, -0.1) is 13.2 Å². The van der Waals surface area contributed by atoms with E-state index in [1.54, 1.807) is 18.2 Å². The van der Waals surface area contributed by atoms with Gasteiger partial charge in [0.1, 0.15) is 22.6 Å². The second-order valence-corrected chi connectivity index (χ2v) is 3.71. The van der Waals surface area contributed by atoms with Crippen LogP contribution in [-0.2, 0) is 0 Å². The normalized spacial score (nSPS) is 9.14. The van der Waals surface area contributed by atoms with Crippen LogP contribution in [0.25, 0.3) is 0 Å². The summed E-state index contributed by atoms with van der Waals surface area (Å²) in [5, 5.41) is 18.5. The summed E-state index contributed by atoms with van der Waals surface area (Å²) >= 11 is 0. The molecule has 0 aliphatic carbocycles. The highest BCUT2D eigenvalue weighted by molar-refractivity contribution is 5.96. The lowest BCUT2D eigenvalue weighted by Gasteiger charge is -2.07. The lowest BCUT2D eigenvalue weighted by molar-refractivity contribution is 0.0681. The van der Waals surface area contributed by atoms with Crippen LogP contribution >= 0.6 is 0 Å². The fourth-order valence-electron chi connectivity index (χ4n) is 1.53. The summed E-state index contributed by atoms with van der Waals surface area (Å²) in [6.07, 6.45) is 0. The third-order valence-corrected chi connectivity index (χ3v) is 2.44. The van der Waals surface area contributed by atoms with Gasteiger partial charge in [-0.3, -0.25) is 0 Å². The Morgan fingerprint density at radius 2 is 1.43 bits per heavy atom. The Labute approximate surface area is 121 Å². The maximum atomic E-state index is 11.8. The zero-order valence-electron chi connectivity index (χ0n) is 11.2. The summed E-state index contributed by atoms with van der Waals surface area (Å²) < 4.78 is 4.99. The second kappa shape index (κ2) is 7.49. The van der Waals surface area contributed by atoms with Gasteiger partial charge < -0.3 is 14.9 Å². The summed E-state index contributed by atoms with van der Waals surface area (Å²) in [6, 6.07) is 11.7. The summed E-state index contributed by atoms with van der Waals surface area (Å²) in [5.41, 5.74) is -0.144. The van der Waals surface area contributed by atoms with E-state index < -0.39 is 11.9 Å². The lowest BCUT2D eigenvalue weighted by Crippen LogP contribution is -2.11. The molecule has 0 aliphatic rings. The molecule has 0 saturated carbocycles. The van der Waals surface area contributed by atoms with E-state index in [2.05, 4.69) is 13.2 Å². The number of aromatic hydroxyl groups is 1. The van der Waals surface area contributed by atoms with Gasteiger partial charge in [-0.1, -0.05) is 24.3 Å². The largest absolute Gasteiger partial charge is 0.507 e. The number of carbonyl (C=O) groups excluding carboxylic acids is 1. The Bertz CT molecular complexity index is 649. The fourth-order valence-corrected chi connectivity index (χ4v) is 1.53. The molecule has 0 aliphatic heterocycles. The van der Waals surface area contributed by atoms with Crippen molar-refractivity contribution in [2.24, 2.45) is 0 Å². The van der Waals surface area contributed by atoms with Crippen molar-refractivity contribution in [2.45, 2.75) is 0 Å². The number of rotatable bonds is 3. The molecule has 21 heavy (non-hydrogen) atoms. The molecule has 0 spiro atoms. The van der Waals surface area contributed by atoms with Crippen LogP contribution in [0.1, 0.15) is 20.7 Å². The van der Waals surface area contributed by atoms with Crippen LogP contribution < -0.4 is 4.74 Å². The summed E-state index contributed by atoms with van der Waals surface area (Å²) in [4.78, 5) is 22.8. The van der Waals surface area contributed by atoms with E-state index in [-0.39, 0.29) is 22.6 Å². The van der Waals surface area contributed by atoms with E-state index in [1.165, 1.54) is 30.3 Å². The summed E-state index contributed by atoms with van der Waals surface area (Å²) in [5.74, 6) is -2.30. The lowest BCUT2D eigenvalue weighted by atomic mass is 10.2. The molecule has 0 saturated heterocycles. The summed E-state index contributed by atoms with van der Waals surface area (Å²) in [6.45, 7) is 6.00. The Morgan fingerprint density at radius 3 is 2.00 bits per heavy atom. The van der Waals surface area contributed by atoms with Crippen LogP contribution in [0.3, 0.4) is 0 Å². The molecule has 0 radical (unpaired) electrons. The molecule has 0 unspecified atom stereocenters. The maximum absolute atomic E-state index is 11.8. The van der Waals surface area contributed by atoms with E-state index in [4.69, 9.17) is 9.84 Å². The molecule has 2 rings (SSSR count). The highest BCUT2D eigenvalue weighted by Gasteiger charge is 2.17. The van der Waals surface area contributed by atoms with Crippen molar-refractivity contribution in [2.75, 3.05) is 0 Å². The number of carboxylic acid groups (broad SMARTS) is 1. The minimum absolute atomic E-state index is 0.0253. The van der Waals surface area contributed by atoms with Gasteiger partial charge in [0.2, 0.25) is 0 Å². The monoisotopic (exact) mass is 286 g/mol. The van der Waals surface area contributed by atoms with Gasteiger partial charge in [0.25, 0.3) is 0 Å². The first-order valence-corrected chi connectivity index (χ1v) is 5.92. The standard InChI is InChI=1S/C14H10O5.C2H4/c15-11-7-3-1-5-9(11)14(18)19-12-8-4-2-6-10(12)13(16)17;1-2/h1-8,15H,(H,16,17);1-2H2. The smallest absolute Gasteiger partial charge is 0.347 e. The quantitative estimate of drug-likeness (QED) is 0.514. The molecule has 0 fully saturated rings. The van der Waals surface area contributed by atoms with E-state index >= 15 is 0 Å². The van der Waals surface area contributed by atoms with E-state index in [0.717, 1.165) is 0 Å². The first-order chi connectivity index (χ1) is 10.1. The maximum Gasteiger partial charge on any atom is 0.347 e. The first-order valence-electron chi connectivity index (χ1n) is 5.92. The van der Waals surface area contributed by atoms with Crippen LogP contribution in [-0.4, -0.2) is 22.2 Å². The van der Waals surface area contributed by atoms with Gasteiger partial charge >= 0.3 is 11.9 Å². The average molecular weight is 286 g/mol. The zero-order valence-corrected chi connectivity index (χ0v) is 11.2. The number of phenols is 1. The third-order valence-electron chi connectivity index (χ3n) is 2.44. The van der Waals surface area contributed by atoms with Crippen LogP contribution in [0, 0.1) is 0 Å². The van der Waals surface area contributed by atoms with E-state index in [9.17, 15) is 14.7 Å². The van der Waals surface area contributed by atoms with Crippen molar-refractivity contribution in [1.29, 1.82) is 0 Å². The minimum atomic E-state index is -1.19. The highest BCUT2D eigenvalue weighted by Crippen LogP contribution is 2.22. The number of esters is 1. The van der Waals surface area contributed by atoms with Crippen molar-refractivity contribution < 1.29 is 24.5 Å². The Balaban J connectivity index is 0.00000106. The number of ether oxygens (including phenoxy) is 1. The van der Waals surface area contributed by atoms with Crippen LogP contribution in [0.5, 0.6) is 11.5 Å². The molecule has 2 N–H and O–H groups in total. The van der Waals surface area contributed by atoms with Crippen molar-refractivity contribution in [3.8, 4) is 11.5 Å². The predicted octanol–water partition coefficient (Wildman–Crippen LogP) is 3.11. The molecule has 0 bridgehead atoms. The Morgan fingerprint density at radius 1 is 0.905 bits per heavy atom. The first kappa shape index (κ1) is 16.0. The summed E-state index contributed by atoms with van der Waals surface area (Å²) in [7, 11) is 0. The number of carbonyl (C=O) groups is 2. The van der Waals surface area contributed by atoms with Gasteiger partial charge in [0.15, 0.2) is 0 Å². The van der Waals surface area contributed by atoms with E-state index in [0.29, 0.717) is 0 Å². The van der Waals surface area contributed by atoms with Gasteiger partial charge in [-0.25, -0.2) is 9.59 Å². The number of hydrogen-bond donors (Lipinski definition) is 2. The molecule has 2 aromatic rings. The number of phenolic OH excluding ortho intramolecular Hbond substituents is 1. The molecule has 0 aromatic heterocycles. The molecule has 5 heteroatoms. The van der Waals surface area contributed by atoms with Gasteiger partial charge in [-0.2, -0.15) is 0 Å². The van der Waals surface area contributed by atoms with Crippen molar-refractivity contribution in [3.05, 3.63) is 72.8 Å². The number of carboxylic acids is 1. The van der Waals surface area contributed by atoms with Crippen molar-refractivity contribution in [3.63, 3.8) is 0 Å². The number of aromatic carboxylic acids is 1. The number of para-hydroxylation sites is 2. The van der Waals surface area contributed by atoms with E-state index in [1.807, 2.05) is 0 Å². The highest BCUT2D eigenvalue weighted by atomic mass is 16.5. The SMILES string of the molecule is C=C.O=C(Oc1ccccc1C(=O)O)c1ccccc1O. The van der Waals surface area contributed by atoms with Crippen LogP contribution in [0.2, 0.25) is 0 Å². The van der Waals surface area contributed by atoms with Crippen LogP contribution in [0.4, 0.5) is 0 Å². The number of hydrogen-bond acceptors (Lipinski definition) is 4. The Hall–Kier alpha value is -3.08. The molecule has 2 aromatic carbocycles. The third kappa shape index (κ3) is 3.94. The average Bonchev–Trinajstić information content (AvgIpc) is 2.50. The molecular formula is C16H14O5.